The molecule has 58 valence electrons. The first kappa shape index (κ1) is 9.48. The molecule has 0 aliphatic carbocycles. The molecule has 0 bridgehead atoms. The van der Waals surface area contributed by atoms with Gasteiger partial charge < -0.3 is 0 Å². The van der Waals surface area contributed by atoms with Crippen molar-refractivity contribution in [2.75, 3.05) is 0 Å². The minimum atomic E-state index is 0.633. The van der Waals surface area contributed by atoms with E-state index in [0.717, 1.165) is 6.42 Å². The average Bonchev–Trinajstić information content (AvgIpc) is 1.98. The quantitative estimate of drug-likeness (QED) is 0.510. The van der Waals surface area contributed by atoms with E-state index >= 15 is 0 Å². The highest BCUT2D eigenvalue weighted by molar-refractivity contribution is 4.87. The first-order valence-corrected chi connectivity index (χ1v) is 4.08. The summed E-state index contributed by atoms with van der Waals surface area (Å²) >= 11 is 0. The van der Waals surface area contributed by atoms with E-state index in [0.29, 0.717) is 5.92 Å². The number of rotatable bonds is 5. The minimum absolute atomic E-state index is 0.633. The van der Waals surface area contributed by atoms with Gasteiger partial charge in [0.2, 0.25) is 0 Å². The molecule has 0 aliphatic heterocycles. The van der Waals surface area contributed by atoms with E-state index in [1.807, 2.05) is 6.08 Å². The molecule has 0 saturated carbocycles. The van der Waals surface area contributed by atoms with Crippen molar-refractivity contribution in [1.82, 2.24) is 0 Å². The molecule has 0 radical (unpaired) electrons. The second-order valence-corrected chi connectivity index (χ2v) is 2.71. The molecule has 0 heteroatoms. The third-order valence-corrected chi connectivity index (χ3v) is 1.53. The summed E-state index contributed by atoms with van der Waals surface area (Å²) in [6.07, 6.45) is 10.1. The zero-order valence-electron chi connectivity index (χ0n) is 7.14. The normalized spacial score (nSPS) is 13.8. The molecule has 0 aliphatic rings. The lowest BCUT2D eigenvalue weighted by molar-refractivity contribution is 0.743. The third-order valence-electron chi connectivity index (χ3n) is 1.53. The van der Waals surface area contributed by atoms with E-state index in [2.05, 4.69) is 32.6 Å². The van der Waals surface area contributed by atoms with Gasteiger partial charge in [-0.25, -0.2) is 0 Å². The maximum absolute atomic E-state index is 3.73. The van der Waals surface area contributed by atoms with Crippen molar-refractivity contribution < 1.29 is 0 Å². The Bertz CT molecular complexity index is 101. The first-order chi connectivity index (χ1) is 4.81. The summed E-state index contributed by atoms with van der Waals surface area (Å²) in [4.78, 5) is 0. The van der Waals surface area contributed by atoms with E-state index in [1.165, 1.54) is 12.8 Å². The van der Waals surface area contributed by atoms with Gasteiger partial charge in [-0.05, 0) is 18.8 Å². The number of allylic oxidation sites excluding steroid dienone is 3. The molecule has 0 saturated heterocycles. The van der Waals surface area contributed by atoms with Crippen molar-refractivity contribution in [3.05, 3.63) is 24.8 Å². The molecule has 0 rings (SSSR count). The Hall–Kier alpha value is -0.520. The maximum Gasteiger partial charge on any atom is -0.0230 e. The van der Waals surface area contributed by atoms with Crippen molar-refractivity contribution in [2.24, 2.45) is 5.92 Å². The minimum Gasteiger partial charge on any atom is -0.103 e. The van der Waals surface area contributed by atoms with E-state index in [4.69, 9.17) is 0 Å². The van der Waals surface area contributed by atoms with Crippen molar-refractivity contribution in [2.45, 2.75) is 33.1 Å². The predicted octanol–water partition coefficient (Wildman–Crippen LogP) is 3.55. The second-order valence-electron chi connectivity index (χ2n) is 2.71. The zero-order valence-corrected chi connectivity index (χ0v) is 7.14. The maximum atomic E-state index is 3.73. The topological polar surface area (TPSA) is 0 Å². The van der Waals surface area contributed by atoms with Crippen LogP contribution in [0, 0.1) is 5.92 Å². The van der Waals surface area contributed by atoms with Crippen LogP contribution in [0.15, 0.2) is 24.8 Å². The molecule has 0 amide bonds. The summed E-state index contributed by atoms with van der Waals surface area (Å²) in [7, 11) is 0. The van der Waals surface area contributed by atoms with Gasteiger partial charge in [-0.3, -0.25) is 0 Å². The number of unbranched alkanes of at least 4 members (excludes halogenated alkanes) is 1. The first-order valence-electron chi connectivity index (χ1n) is 4.08. The summed E-state index contributed by atoms with van der Waals surface area (Å²) in [5, 5.41) is 0. The van der Waals surface area contributed by atoms with E-state index in [-0.39, 0.29) is 0 Å². The van der Waals surface area contributed by atoms with Gasteiger partial charge in [0.05, 0.1) is 0 Å². The molecule has 0 nitrogen and oxygen atoms in total. The fraction of sp³-hybridized carbons (Fsp3) is 0.600. The second kappa shape index (κ2) is 6.60. The van der Waals surface area contributed by atoms with Crippen LogP contribution >= 0.6 is 0 Å². The van der Waals surface area contributed by atoms with E-state index in [1.54, 1.807) is 0 Å². The molecule has 0 heterocycles. The Morgan fingerprint density at radius 1 is 1.40 bits per heavy atom. The number of hydrogen-bond donors (Lipinski definition) is 0. The van der Waals surface area contributed by atoms with Crippen LogP contribution in [0.3, 0.4) is 0 Å². The van der Waals surface area contributed by atoms with Gasteiger partial charge in [-0.2, -0.15) is 0 Å². The Labute approximate surface area is 64.6 Å². The summed E-state index contributed by atoms with van der Waals surface area (Å²) < 4.78 is 0. The van der Waals surface area contributed by atoms with Gasteiger partial charge >= 0.3 is 0 Å². The molecular formula is C10H18. The predicted molar refractivity (Wildman–Crippen MR) is 48.0 cm³/mol. The Balaban J connectivity index is 3.24. The third kappa shape index (κ3) is 5.61. The van der Waals surface area contributed by atoms with Crippen molar-refractivity contribution in [3.63, 3.8) is 0 Å². The van der Waals surface area contributed by atoms with Crippen LogP contribution in [0.4, 0.5) is 0 Å². The summed E-state index contributed by atoms with van der Waals surface area (Å²) in [5.41, 5.74) is 0. The lowest BCUT2D eigenvalue weighted by Crippen LogP contribution is -1.83. The highest BCUT2D eigenvalue weighted by atomic mass is 13.9. The summed E-state index contributed by atoms with van der Waals surface area (Å²) in [6.45, 7) is 8.11. The van der Waals surface area contributed by atoms with E-state index in [9.17, 15) is 0 Å². The monoisotopic (exact) mass is 138 g/mol. The molecule has 10 heavy (non-hydrogen) atoms. The molecule has 0 spiro atoms. The van der Waals surface area contributed by atoms with Crippen LogP contribution in [-0.4, -0.2) is 0 Å². The molecular weight excluding hydrogens is 120 g/mol. The van der Waals surface area contributed by atoms with Crippen LogP contribution < -0.4 is 0 Å². The Kier molecular flexibility index (Phi) is 6.25. The average molecular weight is 138 g/mol. The molecule has 0 N–H and O–H groups in total. The lowest BCUT2D eigenvalue weighted by Gasteiger charge is -1.97. The smallest absolute Gasteiger partial charge is 0.0230 e. The summed E-state index contributed by atoms with van der Waals surface area (Å²) in [6, 6.07) is 0. The van der Waals surface area contributed by atoms with Crippen molar-refractivity contribution in [3.8, 4) is 0 Å². The van der Waals surface area contributed by atoms with Gasteiger partial charge in [0.15, 0.2) is 0 Å². The SMILES string of the molecule is C=CC(C)C/C=C\CCC. The molecule has 0 fully saturated rings. The van der Waals surface area contributed by atoms with Gasteiger partial charge in [0, 0.05) is 0 Å². The van der Waals surface area contributed by atoms with Crippen molar-refractivity contribution in [1.29, 1.82) is 0 Å². The van der Waals surface area contributed by atoms with Gasteiger partial charge in [-0.15, -0.1) is 6.58 Å². The van der Waals surface area contributed by atoms with Crippen LogP contribution in [-0.2, 0) is 0 Å². The fourth-order valence-corrected chi connectivity index (χ4v) is 0.692. The van der Waals surface area contributed by atoms with E-state index < -0.39 is 0 Å². The fourth-order valence-electron chi connectivity index (χ4n) is 0.692. The van der Waals surface area contributed by atoms with Crippen molar-refractivity contribution >= 4 is 0 Å². The van der Waals surface area contributed by atoms with Gasteiger partial charge in [-0.1, -0.05) is 38.5 Å². The highest BCUT2D eigenvalue weighted by Gasteiger charge is 1.88. The largest absolute Gasteiger partial charge is 0.103 e. The molecule has 1 atom stereocenters. The Morgan fingerprint density at radius 2 is 2.10 bits per heavy atom. The zero-order chi connectivity index (χ0) is 7.82. The lowest BCUT2D eigenvalue weighted by atomic mass is 10.1. The number of hydrogen-bond acceptors (Lipinski definition) is 0. The Morgan fingerprint density at radius 3 is 2.60 bits per heavy atom. The van der Waals surface area contributed by atoms with Gasteiger partial charge in [0.25, 0.3) is 0 Å². The van der Waals surface area contributed by atoms with Crippen LogP contribution in [0.1, 0.15) is 33.1 Å². The molecule has 0 aromatic carbocycles. The van der Waals surface area contributed by atoms with Crippen LogP contribution in [0.2, 0.25) is 0 Å². The highest BCUT2D eigenvalue weighted by Crippen LogP contribution is 2.03. The summed E-state index contributed by atoms with van der Waals surface area (Å²) in [5.74, 6) is 0.633. The molecule has 1 unspecified atom stereocenters. The van der Waals surface area contributed by atoms with Crippen LogP contribution in [0.5, 0.6) is 0 Å². The molecule has 0 aromatic rings. The standard InChI is InChI=1S/C10H18/c1-4-6-7-8-9-10(3)5-2/h5,7-8,10H,2,4,6,9H2,1,3H3/b8-7-. The van der Waals surface area contributed by atoms with Gasteiger partial charge in [0.1, 0.15) is 0 Å². The van der Waals surface area contributed by atoms with Crippen LogP contribution in [0.25, 0.3) is 0 Å². The molecule has 0 aromatic heterocycles.